The van der Waals surface area contributed by atoms with Crippen molar-refractivity contribution in [1.29, 1.82) is 0 Å². The number of hydrogen-bond donors (Lipinski definition) is 1. The number of rotatable bonds is 13. The third-order valence-electron chi connectivity index (χ3n) is 2.76. The van der Waals surface area contributed by atoms with Gasteiger partial charge in [-0.25, -0.2) is 4.79 Å². The van der Waals surface area contributed by atoms with Gasteiger partial charge in [0.05, 0.1) is 19.4 Å². The lowest BCUT2D eigenvalue weighted by atomic mass is 10.2. The number of unbranched alkanes of at least 4 members (excludes halogenated alkanes) is 2. The van der Waals surface area contributed by atoms with Gasteiger partial charge in [-0.2, -0.15) is 0 Å². The van der Waals surface area contributed by atoms with Crippen molar-refractivity contribution in [2.75, 3.05) is 19.8 Å². The first-order valence-corrected chi connectivity index (χ1v) is 7.68. The van der Waals surface area contributed by atoms with Gasteiger partial charge in [-0.3, -0.25) is 14.4 Å². The summed E-state index contributed by atoms with van der Waals surface area (Å²) in [5.74, 6) is -2.50. The minimum absolute atomic E-state index is 0.000949. The molecule has 0 radical (unpaired) electrons. The lowest BCUT2D eigenvalue weighted by molar-refractivity contribution is -0.150. The van der Waals surface area contributed by atoms with E-state index in [1.807, 2.05) is 0 Å². The number of carbonyl (C=O) groups is 4. The SMILES string of the molecule is C=C(C)C(=O)OCCOC(=O)CCCCCOC(=O)CCC(=O)O. The van der Waals surface area contributed by atoms with Crippen LogP contribution in [0.3, 0.4) is 0 Å². The van der Waals surface area contributed by atoms with E-state index in [0.29, 0.717) is 19.3 Å². The van der Waals surface area contributed by atoms with Crippen molar-refractivity contribution in [1.82, 2.24) is 0 Å². The van der Waals surface area contributed by atoms with E-state index in [1.165, 1.54) is 6.92 Å². The maximum atomic E-state index is 11.4. The number of carbonyl (C=O) groups excluding carboxylic acids is 3. The Kier molecular flexibility index (Phi) is 11.8. The number of carboxylic acids is 1. The number of carboxylic acid groups (broad SMARTS) is 1. The van der Waals surface area contributed by atoms with Gasteiger partial charge in [0.2, 0.25) is 0 Å². The second kappa shape index (κ2) is 13.1. The summed E-state index contributed by atoms with van der Waals surface area (Å²) in [7, 11) is 0. The van der Waals surface area contributed by atoms with Crippen LogP contribution in [0.15, 0.2) is 12.2 Å². The van der Waals surface area contributed by atoms with Gasteiger partial charge in [0, 0.05) is 12.0 Å². The van der Waals surface area contributed by atoms with Crippen molar-refractivity contribution < 1.29 is 38.5 Å². The van der Waals surface area contributed by atoms with E-state index in [0.717, 1.165) is 0 Å². The molecule has 0 aliphatic carbocycles. The highest BCUT2D eigenvalue weighted by Crippen LogP contribution is 2.03. The molecule has 0 aliphatic rings. The lowest BCUT2D eigenvalue weighted by Gasteiger charge is -2.06. The minimum Gasteiger partial charge on any atom is -0.481 e. The van der Waals surface area contributed by atoms with Gasteiger partial charge in [-0.1, -0.05) is 6.58 Å². The van der Waals surface area contributed by atoms with Crippen LogP contribution in [-0.4, -0.2) is 48.8 Å². The molecule has 8 nitrogen and oxygen atoms in total. The fraction of sp³-hybridized carbons (Fsp3) is 0.625. The van der Waals surface area contributed by atoms with Gasteiger partial charge < -0.3 is 19.3 Å². The molecule has 24 heavy (non-hydrogen) atoms. The first kappa shape index (κ1) is 21.6. The van der Waals surface area contributed by atoms with Crippen molar-refractivity contribution in [3.63, 3.8) is 0 Å². The number of esters is 3. The van der Waals surface area contributed by atoms with Crippen LogP contribution in [0.5, 0.6) is 0 Å². The van der Waals surface area contributed by atoms with E-state index in [2.05, 4.69) is 6.58 Å². The third kappa shape index (κ3) is 13.3. The van der Waals surface area contributed by atoms with Crippen LogP contribution in [0.2, 0.25) is 0 Å². The average Bonchev–Trinajstić information content (AvgIpc) is 2.52. The molecule has 0 amide bonds. The van der Waals surface area contributed by atoms with Crippen molar-refractivity contribution in [3.05, 3.63) is 12.2 Å². The quantitative estimate of drug-likeness (QED) is 0.232. The van der Waals surface area contributed by atoms with Crippen LogP contribution in [0.4, 0.5) is 0 Å². The molecule has 0 rings (SSSR count). The number of ether oxygens (including phenoxy) is 3. The smallest absolute Gasteiger partial charge is 0.333 e. The average molecular weight is 344 g/mol. The monoisotopic (exact) mass is 344 g/mol. The Balaban J connectivity index is 3.46. The van der Waals surface area contributed by atoms with Crippen LogP contribution in [0, 0.1) is 0 Å². The van der Waals surface area contributed by atoms with Crippen LogP contribution < -0.4 is 0 Å². The van der Waals surface area contributed by atoms with Gasteiger partial charge in [0.15, 0.2) is 0 Å². The van der Waals surface area contributed by atoms with Gasteiger partial charge in [-0.15, -0.1) is 0 Å². The van der Waals surface area contributed by atoms with E-state index in [-0.39, 0.29) is 50.6 Å². The molecule has 0 fully saturated rings. The standard InChI is InChI=1S/C16H24O8/c1-12(2)16(21)24-11-10-23-14(19)6-4-3-5-9-22-15(20)8-7-13(17)18/h1,3-11H2,2H3,(H,17,18). The topological polar surface area (TPSA) is 116 Å². The zero-order valence-corrected chi connectivity index (χ0v) is 13.9. The van der Waals surface area contributed by atoms with Crippen LogP contribution >= 0.6 is 0 Å². The van der Waals surface area contributed by atoms with Crippen molar-refractivity contribution in [2.45, 2.75) is 45.4 Å². The number of aliphatic carboxylic acids is 1. The highest BCUT2D eigenvalue weighted by molar-refractivity contribution is 5.86. The predicted octanol–water partition coefficient (Wildman–Crippen LogP) is 1.62. The molecule has 0 heterocycles. The summed E-state index contributed by atoms with van der Waals surface area (Å²) in [6, 6.07) is 0. The molecule has 8 heteroatoms. The maximum absolute atomic E-state index is 11.4. The van der Waals surface area contributed by atoms with Crippen LogP contribution in [0.25, 0.3) is 0 Å². The first-order chi connectivity index (χ1) is 11.3. The summed E-state index contributed by atoms with van der Waals surface area (Å²) in [5, 5.41) is 8.40. The molecule has 0 saturated carbocycles. The molecule has 0 aliphatic heterocycles. The zero-order chi connectivity index (χ0) is 18.4. The summed E-state index contributed by atoms with van der Waals surface area (Å²) >= 11 is 0. The summed E-state index contributed by atoms with van der Waals surface area (Å²) < 4.78 is 14.5. The van der Waals surface area contributed by atoms with E-state index in [4.69, 9.17) is 19.3 Å². The fourth-order valence-electron chi connectivity index (χ4n) is 1.50. The highest BCUT2D eigenvalue weighted by atomic mass is 16.6. The summed E-state index contributed by atoms with van der Waals surface area (Å²) in [6.45, 7) is 5.14. The zero-order valence-electron chi connectivity index (χ0n) is 13.9. The Bertz CT molecular complexity index is 455. The molecule has 0 bridgehead atoms. The Hall–Kier alpha value is -2.38. The largest absolute Gasteiger partial charge is 0.481 e. The van der Waals surface area contributed by atoms with Crippen molar-refractivity contribution in [2.24, 2.45) is 0 Å². The Labute approximate surface area is 140 Å². The van der Waals surface area contributed by atoms with E-state index in [1.54, 1.807) is 0 Å². The molecular formula is C16H24O8. The molecule has 0 spiro atoms. The Morgan fingerprint density at radius 3 is 2.00 bits per heavy atom. The van der Waals surface area contributed by atoms with Crippen molar-refractivity contribution >= 4 is 23.9 Å². The summed E-state index contributed by atoms with van der Waals surface area (Å²) in [6.07, 6.45) is 1.68. The Morgan fingerprint density at radius 1 is 0.792 bits per heavy atom. The molecular weight excluding hydrogens is 320 g/mol. The highest BCUT2D eigenvalue weighted by Gasteiger charge is 2.07. The normalized spacial score (nSPS) is 9.88. The summed E-state index contributed by atoms with van der Waals surface area (Å²) in [4.78, 5) is 43.8. The van der Waals surface area contributed by atoms with Gasteiger partial charge in [-0.05, 0) is 26.2 Å². The van der Waals surface area contributed by atoms with Crippen molar-refractivity contribution in [3.8, 4) is 0 Å². The summed E-state index contributed by atoms with van der Waals surface area (Å²) in [5.41, 5.74) is 0.282. The third-order valence-corrected chi connectivity index (χ3v) is 2.76. The van der Waals surface area contributed by atoms with Gasteiger partial charge >= 0.3 is 23.9 Å². The molecule has 0 saturated heterocycles. The molecule has 0 aromatic rings. The molecule has 1 N–H and O–H groups in total. The minimum atomic E-state index is -1.04. The molecule has 0 aromatic heterocycles. The molecule has 0 aromatic carbocycles. The van der Waals surface area contributed by atoms with E-state index >= 15 is 0 Å². The van der Waals surface area contributed by atoms with E-state index < -0.39 is 17.9 Å². The maximum Gasteiger partial charge on any atom is 0.333 e. The number of hydrogen-bond acceptors (Lipinski definition) is 7. The lowest BCUT2D eigenvalue weighted by Crippen LogP contribution is -2.14. The fourth-order valence-corrected chi connectivity index (χ4v) is 1.50. The molecule has 136 valence electrons. The van der Waals surface area contributed by atoms with Crippen LogP contribution in [-0.2, 0) is 33.4 Å². The Morgan fingerprint density at radius 2 is 1.38 bits per heavy atom. The second-order valence-corrected chi connectivity index (χ2v) is 5.06. The van der Waals surface area contributed by atoms with E-state index in [9.17, 15) is 19.2 Å². The van der Waals surface area contributed by atoms with Gasteiger partial charge in [0.1, 0.15) is 13.2 Å². The molecule has 0 atom stereocenters. The van der Waals surface area contributed by atoms with Crippen LogP contribution in [0.1, 0.15) is 45.4 Å². The predicted molar refractivity (Wildman–Crippen MR) is 83.0 cm³/mol. The second-order valence-electron chi connectivity index (χ2n) is 5.06. The first-order valence-electron chi connectivity index (χ1n) is 7.68. The molecule has 0 unspecified atom stereocenters. The van der Waals surface area contributed by atoms with Gasteiger partial charge in [0.25, 0.3) is 0 Å².